The van der Waals surface area contributed by atoms with Crippen LogP contribution in [0, 0.1) is 0 Å². The zero-order chi connectivity index (χ0) is 11.5. The normalized spacial score (nSPS) is 11.6. The summed E-state index contributed by atoms with van der Waals surface area (Å²) in [5.41, 5.74) is 0. The molecular weight excluding hydrogens is 190 g/mol. The molecule has 0 amide bonds. The molecule has 0 aliphatic rings. The van der Waals surface area contributed by atoms with Crippen LogP contribution in [0.15, 0.2) is 0 Å². The first kappa shape index (κ1) is 14.9. The van der Waals surface area contributed by atoms with Crippen LogP contribution in [-0.2, 0) is 9.47 Å². The van der Waals surface area contributed by atoms with Gasteiger partial charge < -0.3 is 14.4 Å². The second kappa shape index (κ2) is 10.4. The van der Waals surface area contributed by atoms with Crippen LogP contribution in [0.5, 0.6) is 0 Å². The summed E-state index contributed by atoms with van der Waals surface area (Å²) in [6.45, 7) is 13.2. The third kappa shape index (κ3) is 7.77. The number of nitrogens with zero attached hydrogens (tertiary/aromatic N) is 1. The fourth-order valence-corrected chi connectivity index (χ4v) is 1.62. The van der Waals surface area contributed by atoms with Gasteiger partial charge in [0.1, 0.15) is 0 Å². The van der Waals surface area contributed by atoms with E-state index in [0.29, 0.717) is 0 Å². The smallest absolute Gasteiger partial charge is 0.158 e. The molecule has 0 saturated heterocycles. The highest BCUT2D eigenvalue weighted by Gasteiger charge is 2.09. The number of rotatable bonds is 10. The van der Waals surface area contributed by atoms with Crippen molar-refractivity contribution >= 4 is 0 Å². The van der Waals surface area contributed by atoms with Gasteiger partial charge in [-0.15, -0.1) is 0 Å². The molecule has 0 aromatic rings. The summed E-state index contributed by atoms with van der Waals surface area (Å²) in [6.07, 6.45) is 2.16. The van der Waals surface area contributed by atoms with E-state index in [2.05, 4.69) is 18.7 Å². The Bertz CT molecular complexity index is 125. The monoisotopic (exact) mass is 217 g/mol. The molecule has 0 spiro atoms. The van der Waals surface area contributed by atoms with Crippen LogP contribution in [0.4, 0.5) is 0 Å². The molecule has 15 heavy (non-hydrogen) atoms. The molecule has 0 aliphatic carbocycles. The molecule has 0 unspecified atom stereocenters. The van der Waals surface area contributed by atoms with Gasteiger partial charge in [0, 0.05) is 26.2 Å². The molecule has 3 nitrogen and oxygen atoms in total. The van der Waals surface area contributed by atoms with E-state index in [9.17, 15) is 0 Å². The summed E-state index contributed by atoms with van der Waals surface area (Å²) >= 11 is 0. The Balaban J connectivity index is 3.73. The van der Waals surface area contributed by atoms with Crippen molar-refractivity contribution < 1.29 is 9.47 Å². The van der Waals surface area contributed by atoms with Crippen LogP contribution in [-0.4, -0.2) is 44.0 Å². The Labute approximate surface area is 94.7 Å². The number of ether oxygens (including phenoxy) is 2. The summed E-state index contributed by atoms with van der Waals surface area (Å²) in [5.74, 6) is 0. The molecule has 3 heteroatoms. The molecule has 0 atom stereocenters. The van der Waals surface area contributed by atoms with E-state index in [0.717, 1.165) is 32.7 Å². The van der Waals surface area contributed by atoms with Crippen LogP contribution < -0.4 is 0 Å². The van der Waals surface area contributed by atoms with Gasteiger partial charge in [-0.2, -0.15) is 0 Å². The van der Waals surface area contributed by atoms with Crippen LogP contribution in [0.3, 0.4) is 0 Å². The molecule has 0 aliphatic heterocycles. The SMILES string of the molecule is CCCN(CC)CCC(OCC)OCC. The lowest BCUT2D eigenvalue weighted by Crippen LogP contribution is -2.30. The van der Waals surface area contributed by atoms with Gasteiger partial charge in [0.15, 0.2) is 6.29 Å². The third-order valence-corrected chi connectivity index (χ3v) is 2.37. The van der Waals surface area contributed by atoms with Gasteiger partial charge >= 0.3 is 0 Å². The Morgan fingerprint density at radius 3 is 1.93 bits per heavy atom. The average Bonchev–Trinajstić information content (AvgIpc) is 2.24. The molecule has 0 aromatic carbocycles. The molecule has 0 rings (SSSR count). The summed E-state index contributed by atoms with van der Waals surface area (Å²) in [6, 6.07) is 0. The van der Waals surface area contributed by atoms with E-state index in [1.54, 1.807) is 0 Å². The largest absolute Gasteiger partial charge is 0.353 e. The lowest BCUT2D eigenvalue weighted by Gasteiger charge is -2.23. The number of hydrogen-bond acceptors (Lipinski definition) is 3. The first-order valence-corrected chi connectivity index (χ1v) is 6.23. The van der Waals surface area contributed by atoms with Gasteiger partial charge in [-0.1, -0.05) is 13.8 Å². The summed E-state index contributed by atoms with van der Waals surface area (Å²) in [5, 5.41) is 0. The summed E-state index contributed by atoms with van der Waals surface area (Å²) < 4.78 is 11.0. The van der Waals surface area contributed by atoms with Crippen LogP contribution in [0.25, 0.3) is 0 Å². The maximum absolute atomic E-state index is 5.51. The topological polar surface area (TPSA) is 21.7 Å². The third-order valence-electron chi connectivity index (χ3n) is 2.37. The van der Waals surface area contributed by atoms with E-state index < -0.39 is 0 Å². The van der Waals surface area contributed by atoms with Crippen molar-refractivity contribution in [2.75, 3.05) is 32.8 Å². The van der Waals surface area contributed by atoms with Crippen LogP contribution >= 0.6 is 0 Å². The van der Waals surface area contributed by atoms with Crippen molar-refractivity contribution in [3.8, 4) is 0 Å². The van der Waals surface area contributed by atoms with Crippen molar-refractivity contribution in [3.05, 3.63) is 0 Å². The maximum atomic E-state index is 5.51. The highest BCUT2D eigenvalue weighted by atomic mass is 16.7. The van der Waals surface area contributed by atoms with Crippen LogP contribution in [0.2, 0.25) is 0 Å². The fraction of sp³-hybridized carbons (Fsp3) is 1.00. The van der Waals surface area contributed by atoms with Gasteiger partial charge in [-0.25, -0.2) is 0 Å². The van der Waals surface area contributed by atoms with Gasteiger partial charge in [0.2, 0.25) is 0 Å². The molecule has 0 fully saturated rings. The van der Waals surface area contributed by atoms with E-state index in [-0.39, 0.29) is 6.29 Å². The van der Waals surface area contributed by atoms with Crippen molar-refractivity contribution in [1.29, 1.82) is 0 Å². The molecule has 0 saturated carbocycles. The van der Waals surface area contributed by atoms with E-state index >= 15 is 0 Å². The Hall–Kier alpha value is -0.120. The lowest BCUT2D eigenvalue weighted by atomic mass is 10.3. The second-order valence-electron chi connectivity index (χ2n) is 3.56. The van der Waals surface area contributed by atoms with E-state index in [1.807, 2.05) is 13.8 Å². The lowest BCUT2D eigenvalue weighted by molar-refractivity contribution is -0.141. The molecule has 0 aromatic heterocycles. The van der Waals surface area contributed by atoms with Crippen LogP contribution in [0.1, 0.15) is 40.5 Å². The highest BCUT2D eigenvalue weighted by Crippen LogP contribution is 2.03. The minimum absolute atomic E-state index is 0.0223. The minimum atomic E-state index is -0.0223. The minimum Gasteiger partial charge on any atom is -0.353 e. The first-order valence-electron chi connectivity index (χ1n) is 6.23. The highest BCUT2D eigenvalue weighted by molar-refractivity contribution is 4.56. The summed E-state index contributed by atoms with van der Waals surface area (Å²) in [4.78, 5) is 2.44. The Morgan fingerprint density at radius 2 is 1.53 bits per heavy atom. The fourth-order valence-electron chi connectivity index (χ4n) is 1.62. The maximum Gasteiger partial charge on any atom is 0.158 e. The van der Waals surface area contributed by atoms with E-state index in [1.165, 1.54) is 13.0 Å². The molecule has 0 radical (unpaired) electrons. The second-order valence-corrected chi connectivity index (χ2v) is 3.56. The zero-order valence-electron chi connectivity index (χ0n) is 10.8. The quantitative estimate of drug-likeness (QED) is 0.525. The van der Waals surface area contributed by atoms with Crippen molar-refractivity contribution in [2.45, 2.75) is 46.8 Å². The standard InChI is InChI=1S/C12H27NO2/c1-5-10-13(6-2)11-9-12(14-7-3)15-8-4/h12H,5-11H2,1-4H3. The van der Waals surface area contributed by atoms with Crippen molar-refractivity contribution in [1.82, 2.24) is 4.90 Å². The predicted octanol–water partition coefficient (Wildman–Crippen LogP) is 2.51. The molecule has 0 bridgehead atoms. The first-order chi connectivity index (χ1) is 7.28. The van der Waals surface area contributed by atoms with Gasteiger partial charge in [0.05, 0.1) is 0 Å². The molecule has 0 heterocycles. The Morgan fingerprint density at radius 1 is 0.933 bits per heavy atom. The van der Waals surface area contributed by atoms with E-state index in [4.69, 9.17) is 9.47 Å². The molecule has 92 valence electrons. The molecular formula is C12H27NO2. The predicted molar refractivity (Wildman–Crippen MR) is 64.1 cm³/mol. The number of hydrogen-bond donors (Lipinski definition) is 0. The van der Waals surface area contributed by atoms with Crippen molar-refractivity contribution in [2.24, 2.45) is 0 Å². The van der Waals surface area contributed by atoms with Gasteiger partial charge in [-0.05, 0) is 33.4 Å². The Kier molecular flexibility index (Phi) is 10.3. The zero-order valence-corrected chi connectivity index (χ0v) is 10.8. The van der Waals surface area contributed by atoms with Crippen molar-refractivity contribution in [3.63, 3.8) is 0 Å². The van der Waals surface area contributed by atoms with Gasteiger partial charge in [-0.3, -0.25) is 0 Å². The average molecular weight is 217 g/mol. The van der Waals surface area contributed by atoms with Gasteiger partial charge in [0.25, 0.3) is 0 Å². The summed E-state index contributed by atoms with van der Waals surface area (Å²) in [7, 11) is 0. The molecule has 0 N–H and O–H groups in total.